The topological polar surface area (TPSA) is 162 Å². The summed E-state index contributed by atoms with van der Waals surface area (Å²) in [5.74, 6) is 0.547. The summed E-state index contributed by atoms with van der Waals surface area (Å²) in [7, 11) is 0. The molecular weight excluding hydrogens is 773 g/mol. The molecule has 314 valence electrons. The highest BCUT2D eigenvalue weighted by Crippen LogP contribution is 2.31. The molecule has 0 unspecified atom stereocenters. The number of piperidine rings is 3. The molecule has 12 heteroatoms. The van der Waals surface area contributed by atoms with E-state index in [2.05, 4.69) is 20.5 Å². The van der Waals surface area contributed by atoms with E-state index < -0.39 is 24.2 Å². The molecule has 0 saturated carbocycles. The number of hydrogen-bond acceptors (Lipinski definition) is 10. The molecule has 3 saturated heterocycles. The van der Waals surface area contributed by atoms with Crippen molar-refractivity contribution in [2.75, 3.05) is 32.7 Å². The molecule has 1 amide bonds. The number of H-pyrrole nitrogens is 1. The molecule has 12 nitrogen and oxygen atoms in total. The number of aromatic hydroxyl groups is 1. The predicted octanol–water partition coefficient (Wildman–Crippen LogP) is 6.95. The van der Waals surface area contributed by atoms with Crippen molar-refractivity contribution in [1.29, 1.82) is 0 Å². The fourth-order valence-corrected chi connectivity index (χ4v) is 8.24. The number of aliphatic hydroxyl groups excluding tert-OH is 1. The number of phenols is 1. The van der Waals surface area contributed by atoms with Crippen LogP contribution < -0.4 is 20.9 Å². The van der Waals surface area contributed by atoms with Crippen LogP contribution in [0.1, 0.15) is 68.7 Å². The van der Waals surface area contributed by atoms with E-state index >= 15 is 0 Å². The van der Waals surface area contributed by atoms with Gasteiger partial charge in [0.15, 0.2) is 0 Å². The number of alkyl carbamates (subject to hydrolysis) is 1. The molecule has 2 bridgehead atoms. The molecule has 0 aliphatic carbocycles. The van der Waals surface area contributed by atoms with Crippen LogP contribution in [0.25, 0.3) is 10.9 Å². The minimum absolute atomic E-state index is 0.0484. The summed E-state index contributed by atoms with van der Waals surface area (Å²) in [4.78, 5) is 43.0. The van der Waals surface area contributed by atoms with Crippen LogP contribution in [-0.2, 0) is 29.1 Å². The molecular formula is C49H50N4O8. The van der Waals surface area contributed by atoms with E-state index in [4.69, 9.17) is 14.2 Å². The van der Waals surface area contributed by atoms with E-state index in [0.29, 0.717) is 53.2 Å². The molecule has 6 aromatic rings. The van der Waals surface area contributed by atoms with Crippen molar-refractivity contribution in [1.82, 2.24) is 20.5 Å². The predicted molar refractivity (Wildman–Crippen MR) is 231 cm³/mol. The largest absolute Gasteiger partial charge is 0.506 e. The number of nitrogens with zero attached hydrogens (tertiary/aromatic N) is 1. The number of nitrogens with one attached hydrogen (secondary N) is 3. The lowest BCUT2D eigenvalue weighted by Gasteiger charge is -2.43. The van der Waals surface area contributed by atoms with Crippen LogP contribution in [0.3, 0.4) is 0 Å². The number of rotatable bonds is 16. The van der Waals surface area contributed by atoms with Crippen LogP contribution in [0.5, 0.6) is 11.5 Å². The van der Waals surface area contributed by atoms with Gasteiger partial charge in [-0.15, -0.1) is 0 Å². The van der Waals surface area contributed by atoms with Gasteiger partial charge in [-0.05, 0) is 115 Å². The Labute approximate surface area is 354 Å². The maximum Gasteiger partial charge on any atom is 0.408 e. The molecule has 4 heterocycles. The molecule has 3 aliphatic heterocycles. The minimum Gasteiger partial charge on any atom is -0.506 e. The molecule has 61 heavy (non-hydrogen) atoms. The Balaban J connectivity index is 0.804. The third-order valence-corrected chi connectivity index (χ3v) is 11.6. The highest BCUT2D eigenvalue weighted by molar-refractivity contribution is 5.89. The van der Waals surface area contributed by atoms with E-state index in [0.717, 1.165) is 60.3 Å². The summed E-state index contributed by atoms with van der Waals surface area (Å²) in [5.41, 5.74) is 5.52. The number of aliphatic hydroxyl groups is 1. The second-order valence-corrected chi connectivity index (χ2v) is 15.8. The van der Waals surface area contributed by atoms with Crippen LogP contribution in [0.15, 0.2) is 132 Å². The molecule has 5 aromatic carbocycles. The summed E-state index contributed by atoms with van der Waals surface area (Å²) >= 11 is 0. The molecule has 3 atom stereocenters. The molecule has 0 spiro atoms. The van der Waals surface area contributed by atoms with Crippen LogP contribution in [0.4, 0.5) is 4.79 Å². The Morgan fingerprint density at radius 3 is 2.36 bits per heavy atom. The Morgan fingerprint density at radius 2 is 1.57 bits per heavy atom. The van der Waals surface area contributed by atoms with Crippen molar-refractivity contribution >= 4 is 23.0 Å². The number of phenolic OH excluding ortho intramolecular Hbond substituents is 1. The normalized spacial score (nSPS) is 18.0. The molecule has 5 N–H and O–H groups in total. The lowest BCUT2D eigenvalue weighted by atomic mass is 9.86. The first-order chi connectivity index (χ1) is 29.8. The molecule has 1 aromatic heterocycles. The zero-order valence-electron chi connectivity index (χ0n) is 33.8. The number of carbonyl (C=O) groups is 2. The highest BCUT2D eigenvalue weighted by atomic mass is 16.6. The van der Waals surface area contributed by atoms with Crippen LogP contribution in [0.2, 0.25) is 0 Å². The third-order valence-electron chi connectivity index (χ3n) is 11.6. The number of aromatic amines is 1. The van der Waals surface area contributed by atoms with E-state index in [1.165, 1.54) is 12.1 Å². The van der Waals surface area contributed by atoms with Crippen molar-refractivity contribution < 1.29 is 34.0 Å². The number of fused-ring (bicyclic) bond motifs is 4. The Morgan fingerprint density at radius 1 is 0.803 bits per heavy atom. The SMILES string of the molecule is O=C(N[C@@H](c1ccccc1)c1cccc(OCc2cccc(C(=O)OCc3ccc(CCNC[C@H](O)c4ccc(O)c5[nH]c(=O)ccc45)cc3)c2)c1)O[C@@H]1CN2CCC1CC2. The van der Waals surface area contributed by atoms with E-state index in [9.17, 15) is 24.6 Å². The van der Waals surface area contributed by atoms with Gasteiger partial charge in [0.1, 0.15) is 30.8 Å². The molecule has 9 rings (SSSR count). The summed E-state index contributed by atoms with van der Waals surface area (Å²) in [6.07, 6.45) is 1.48. The Hall–Kier alpha value is -6.47. The van der Waals surface area contributed by atoms with E-state index in [1.807, 2.05) is 84.9 Å². The van der Waals surface area contributed by atoms with Crippen LogP contribution in [0, 0.1) is 5.92 Å². The van der Waals surface area contributed by atoms with Gasteiger partial charge in [0.25, 0.3) is 0 Å². The summed E-state index contributed by atoms with van der Waals surface area (Å²) in [5, 5.41) is 27.9. The van der Waals surface area contributed by atoms with Crippen molar-refractivity contribution in [3.63, 3.8) is 0 Å². The number of hydrogen-bond donors (Lipinski definition) is 5. The zero-order chi connectivity index (χ0) is 42.1. The fourth-order valence-electron chi connectivity index (χ4n) is 8.24. The fraction of sp³-hybridized carbons (Fsp3) is 0.286. The minimum atomic E-state index is -0.836. The number of amides is 1. The molecule has 0 radical (unpaired) electrons. The zero-order valence-corrected chi connectivity index (χ0v) is 33.8. The quantitative estimate of drug-likeness (QED) is 0.0511. The third kappa shape index (κ3) is 10.5. The number of ether oxygens (including phenoxy) is 3. The van der Waals surface area contributed by atoms with Gasteiger partial charge in [-0.1, -0.05) is 84.9 Å². The first kappa shape index (κ1) is 41.3. The molecule has 3 aliphatic rings. The maximum absolute atomic E-state index is 13.3. The van der Waals surface area contributed by atoms with Gasteiger partial charge < -0.3 is 40.0 Å². The maximum atomic E-state index is 13.3. The Bertz CT molecular complexity index is 2500. The monoisotopic (exact) mass is 822 g/mol. The number of pyridine rings is 1. The summed E-state index contributed by atoms with van der Waals surface area (Å²) < 4.78 is 17.8. The van der Waals surface area contributed by atoms with Gasteiger partial charge in [0, 0.05) is 24.5 Å². The van der Waals surface area contributed by atoms with Gasteiger partial charge in [-0.2, -0.15) is 0 Å². The Kier molecular flexibility index (Phi) is 13.0. The van der Waals surface area contributed by atoms with Gasteiger partial charge in [0.05, 0.1) is 23.2 Å². The van der Waals surface area contributed by atoms with Crippen LogP contribution in [-0.4, -0.2) is 71.0 Å². The number of esters is 1. The standard InChI is InChI=1S/C49H50N4O8/c54-42-18-16-40(41-17-19-45(56)51-47(41)42)43(55)28-50-23-20-32-12-14-33(15-13-32)30-60-48(57)38-10-4-6-34(26-38)31-59-39-11-5-9-37(27-39)46(36-7-2-1-3-8-36)52-49(58)61-44-29-53-24-21-35(44)22-25-53/h1-19,26-27,35,43-44,46,50,54-55H,20-25,28-31H2,(H,51,56)(H,52,58)/t43-,44+,46-/m0/s1. The lowest BCUT2D eigenvalue weighted by molar-refractivity contribution is -0.0336. The van der Waals surface area contributed by atoms with Gasteiger partial charge in [0.2, 0.25) is 5.56 Å². The van der Waals surface area contributed by atoms with Crippen molar-refractivity contribution in [3.8, 4) is 11.5 Å². The summed E-state index contributed by atoms with van der Waals surface area (Å²) in [6.45, 7) is 4.18. The number of aromatic nitrogens is 1. The highest BCUT2D eigenvalue weighted by Gasteiger charge is 2.37. The van der Waals surface area contributed by atoms with Crippen molar-refractivity contribution in [2.45, 2.75) is 50.7 Å². The summed E-state index contributed by atoms with van der Waals surface area (Å²) in [6, 6.07) is 38.1. The smallest absolute Gasteiger partial charge is 0.408 e. The van der Waals surface area contributed by atoms with E-state index in [1.54, 1.807) is 30.3 Å². The van der Waals surface area contributed by atoms with E-state index in [-0.39, 0.29) is 30.6 Å². The van der Waals surface area contributed by atoms with Crippen molar-refractivity contribution in [2.24, 2.45) is 5.92 Å². The van der Waals surface area contributed by atoms with Gasteiger partial charge in [-0.25, -0.2) is 9.59 Å². The lowest BCUT2D eigenvalue weighted by Crippen LogP contribution is -2.52. The average molecular weight is 823 g/mol. The molecule has 3 fully saturated rings. The first-order valence-electron chi connectivity index (χ1n) is 20.8. The van der Waals surface area contributed by atoms with Crippen molar-refractivity contribution in [3.05, 3.63) is 177 Å². The second-order valence-electron chi connectivity index (χ2n) is 15.8. The van der Waals surface area contributed by atoms with Gasteiger partial charge in [-0.3, -0.25) is 9.69 Å². The first-order valence-corrected chi connectivity index (χ1v) is 20.8. The number of carbonyl (C=O) groups excluding carboxylic acids is 2. The average Bonchev–Trinajstić information content (AvgIpc) is 3.29. The second kappa shape index (κ2) is 19.3. The number of benzene rings is 5. The van der Waals surface area contributed by atoms with Crippen LogP contribution >= 0.6 is 0 Å². The van der Waals surface area contributed by atoms with Gasteiger partial charge >= 0.3 is 12.1 Å².